The van der Waals surface area contributed by atoms with Gasteiger partial charge in [-0.05, 0) is 23.8 Å². The highest BCUT2D eigenvalue weighted by Gasteiger charge is 2.17. The maximum absolute atomic E-state index is 13.5. The lowest BCUT2D eigenvalue weighted by molar-refractivity contribution is 0.172. The molecule has 0 saturated heterocycles. The first-order valence-electron chi connectivity index (χ1n) is 5.97. The summed E-state index contributed by atoms with van der Waals surface area (Å²) in [5.41, 5.74) is 0.306. The Labute approximate surface area is 114 Å². The first-order chi connectivity index (χ1) is 9.52. The van der Waals surface area contributed by atoms with Crippen molar-refractivity contribution in [3.63, 3.8) is 0 Å². The number of benzene rings is 2. The van der Waals surface area contributed by atoms with Crippen molar-refractivity contribution in [1.29, 1.82) is 0 Å². The molecule has 0 aliphatic heterocycles. The summed E-state index contributed by atoms with van der Waals surface area (Å²) in [4.78, 5) is 0. The summed E-state index contributed by atoms with van der Waals surface area (Å²) in [6, 6.07) is 7.74. The third kappa shape index (κ3) is 2.93. The molecule has 0 aromatic heterocycles. The van der Waals surface area contributed by atoms with E-state index in [-0.39, 0.29) is 17.7 Å². The Morgan fingerprint density at radius 1 is 1.10 bits per heavy atom. The highest BCUT2D eigenvalue weighted by atomic mass is 19.2. The van der Waals surface area contributed by atoms with E-state index >= 15 is 0 Å². The van der Waals surface area contributed by atoms with Gasteiger partial charge in [0.25, 0.3) is 0 Å². The summed E-state index contributed by atoms with van der Waals surface area (Å²) in [6.07, 6.45) is -1.28. The summed E-state index contributed by atoms with van der Waals surface area (Å²) in [5.74, 6) is -2.60. The van der Waals surface area contributed by atoms with Crippen LogP contribution in [-0.2, 0) is 6.42 Å². The largest absolute Gasteiger partial charge is 0.494 e. The SMILES string of the molecule is COc1ccc(CC(O)c2cccc(F)c2F)cc1F. The van der Waals surface area contributed by atoms with Crippen LogP contribution in [0.25, 0.3) is 0 Å². The second-order valence-electron chi connectivity index (χ2n) is 4.33. The second-order valence-corrected chi connectivity index (χ2v) is 4.33. The molecule has 106 valence electrons. The lowest BCUT2D eigenvalue weighted by atomic mass is 10.0. The standard InChI is InChI=1S/C15H13F3O2/c1-20-14-6-5-9(7-12(14)17)8-13(19)10-3-2-4-11(16)15(10)18/h2-7,13,19H,8H2,1H3. The van der Waals surface area contributed by atoms with Crippen LogP contribution in [0.2, 0.25) is 0 Å². The molecule has 0 aliphatic rings. The van der Waals surface area contributed by atoms with Gasteiger partial charge in [-0.2, -0.15) is 0 Å². The maximum atomic E-state index is 13.5. The Bertz CT molecular complexity index is 614. The van der Waals surface area contributed by atoms with Gasteiger partial charge in [0.05, 0.1) is 13.2 Å². The topological polar surface area (TPSA) is 29.5 Å². The van der Waals surface area contributed by atoms with E-state index < -0.39 is 23.6 Å². The summed E-state index contributed by atoms with van der Waals surface area (Å²) >= 11 is 0. The Morgan fingerprint density at radius 2 is 1.85 bits per heavy atom. The van der Waals surface area contributed by atoms with Crippen LogP contribution >= 0.6 is 0 Å². The molecule has 0 bridgehead atoms. The highest BCUT2D eigenvalue weighted by molar-refractivity contribution is 5.31. The van der Waals surface area contributed by atoms with Crippen LogP contribution in [0.4, 0.5) is 13.2 Å². The molecule has 1 atom stereocenters. The number of hydrogen-bond donors (Lipinski definition) is 1. The van der Waals surface area contributed by atoms with Gasteiger partial charge in [-0.15, -0.1) is 0 Å². The van der Waals surface area contributed by atoms with E-state index in [2.05, 4.69) is 0 Å². The number of halogens is 3. The van der Waals surface area contributed by atoms with Crippen LogP contribution in [0, 0.1) is 17.5 Å². The number of hydrogen-bond acceptors (Lipinski definition) is 2. The molecule has 0 fully saturated rings. The predicted molar refractivity (Wildman–Crippen MR) is 68.0 cm³/mol. The van der Waals surface area contributed by atoms with Crippen LogP contribution in [-0.4, -0.2) is 12.2 Å². The summed E-state index contributed by atoms with van der Waals surface area (Å²) in [5, 5.41) is 9.94. The molecule has 0 radical (unpaired) electrons. The smallest absolute Gasteiger partial charge is 0.165 e. The lowest BCUT2D eigenvalue weighted by Gasteiger charge is -2.13. The Morgan fingerprint density at radius 3 is 2.50 bits per heavy atom. The van der Waals surface area contributed by atoms with E-state index in [1.54, 1.807) is 6.07 Å². The average Bonchev–Trinajstić information content (AvgIpc) is 2.42. The molecular weight excluding hydrogens is 269 g/mol. The zero-order valence-electron chi connectivity index (χ0n) is 10.7. The molecule has 0 amide bonds. The molecule has 0 heterocycles. The van der Waals surface area contributed by atoms with Crippen LogP contribution in [0.5, 0.6) is 5.75 Å². The lowest BCUT2D eigenvalue weighted by Crippen LogP contribution is -2.06. The van der Waals surface area contributed by atoms with Crippen LogP contribution in [0.1, 0.15) is 17.2 Å². The number of aliphatic hydroxyl groups is 1. The van der Waals surface area contributed by atoms with Crippen molar-refractivity contribution in [2.45, 2.75) is 12.5 Å². The molecule has 2 aromatic rings. The fraction of sp³-hybridized carbons (Fsp3) is 0.200. The van der Waals surface area contributed by atoms with Crippen molar-refractivity contribution in [2.24, 2.45) is 0 Å². The minimum Gasteiger partial charge on any atom is -0.494 e. The molecule has 5 heteroatoms. The maximum Gasteiger partial charge on any atom is 0.165 e. The van der Waals surface area contributed by atoms with Crippen molar-refractivity contribution >= 4 is 0 Å². The van der Waals surface area contributed by atoms with Gasteiger partial charge in [0.2, 0.25) is 0 Å². The van der Waals surface area contributed by atoms with E-state index in [1.807, 2.05) is 0 Å². The van der Waals surface area contributed by atoms with E-state index in [0.29, 0.717) is 5.56 Å². The molecular formula is C15H13F3O2. The Hall–Kier alpha value is -2.01. The van der Waals surface area contributed by atoms with Crippen LogP contribution < -0.4 is 4.74 Å². The fourth-order valence-electron chi connectivity index (χ4n) is 1.95. The first-order valence-corrected chi connectivity index (χ1v) is 5.97. The van der Waals surface area contributed by atoms with E-state index in [0.717, 1.165) is 6.07 Å². The van der Waals surface area contributed by atoms with Crippen LogP contribution in [0.15, 0.2) is 36.4 Å². The molecule has 1 N–H and O–H groups in total. The minimum atomic E-state index is -1.25. The third-order valence-electron chi connectivity index (χ3n) is 2.99. The molecule has 0 saturated carbocycles. The highest BCUT2D eigenvalue weighted by Crippen LogP contribution is 2.25. The monoisotopic (exact) mass is 282 g/mol. The van der Waals surface area contributed by atoms with Crippen molar-refractivity contribution in [3.05, 3.63) is 65.0 Å². The normalized spacial score (nSPS) is 12.2. The van der Waals surface area contributed by atoms with E-state index in [4.69, 9.17) is 4.74 Å². The van der Waals surface area contributed by atoms with Crippen molar-refractivity contribution in [3.8, 4) is 5.75 Å². The predicted octanol–water partition coefficient (Wildman–Crippen LogP) is 3.39. The third-order valence-corrected chi connectivity index (χ3v) is 2.99. The molecule has 0 aliphatic carbocycles. The van der Waals surface area contributed by atoms with Gasteiger partial charge >= 0.3 is 0 Å². The number of aliphatic hydroxyl groups excluding tert-OH is 1. The van der Waals surface area contributed by atoms with Gasteiger partial charge in [0.1, 0.15) is 0 Å². The molecule has 0 spiro atoms. The van der Waals surface area contributed by atoms with Crippen molar-refractivity contribution < 1.29 is 23.0 Å². The molecule has 20 heavy (non-hydrogen) atoms. The zero-order chi connectivity index (χ0) is 14.7. The molecule has 1 unspecified atom stereocenters. The summed E-state index contributed by atoms with van der Waals surface area (Å²) in [6.45, 7) is 0. The zero-order valence-corrected chi connectivity index (χ0v) is 10.7. The summed E-state index contributed by atoms with van der Waals surface area (Å²) < 4.78 is 44.9. The molecule has 2 aromatic carbocycles. The van der Waals surface area contributed by atoms with Crippen molar-refractivity contribution in [1.82, 2.24) is 0 Å². The van der Waals surface area contributed by atoms with E-state index in [9.17, 15) is 18.3 Å². The molecule has 2 nitrogen and oxygen atoms in total. The van der Waals surface area contributed by atoms with Crippen LogP contribution in [0.3, 0.4) is 0 Å². The fourth-order valence-corrected chi connectivity index (χ4v) is 1.95. The van der Waals surface area contributed by atoms with Gasteiger partial charge < -0.3 is 9.84 Å². The molecule has 2 rings (SSSR count). The number of rotatable bonds is 4. The van der Waals surface area contributed by atoms with Gasteiger partial charge in [0, 0.05) is 12.0 Å². The van der Waals surface area contributed by atoms with Gasteiger partial charge in [0.15, 0.2) is 23.2 Å². The Kier molecular flexibility index (Phi) is 4.29. The van der Waals surface area contributed by atoms with E-state index in [1.165, 1.54) is 31.4 Å². The Balaban J connectivity index is 2.21. The summed E-state index contributed by atoms with van der Waals surface area (Å²) in [7, 11) is 1.34. The first kappa shape index (κ1) is 14.4. The number of methoxy groups -OCH3 is 1. The van der Waals surface area contributed by atoms with Gasteiger partial charge in [-0.25, -0.2) is 13.2 Å². The van der Waals surface area contributed by atoms with Gasteiger partial charge in [-0.1, -0.05) is 18.2 Å². The number of ether oxygens (including phenoxy) is 1. The second kappa shape index (κ2) is 5.96. The van der Waals surface area contributed by atoms with Crippen molar-refractivity contribution in [2.75, 3.05) is 7.11 Å². The minimum absolute atomic E-state index is 0.0265. The van der Waals surface area contributed by atoms with Gasteiger partial charge in [-0.3, -0.25) is 0 Å². The quantitative estimate of drug-likeness (QED) is 0.931. The average molecular weight is 282 g/mol.